The number of ether oxygens (including phenoxy) is 1. The molecular weight excluding hydrogens is 246 g/mol. The molecule has 0 radical (unpaired) electrons. The van der Waals surface area contributed by atoms with Gasteiger partial charge < -0.3 is 10.1 Å². The molecule has 2 heteroatoms. The van der Waals surface area contributed by atoms with Gasteiger partial charge in [-0.05, 0) is 37.3 Å². The van der Waals surface area contributed by atoms with Crippen LogP contribution >= 0.6 is 0 Å². The summed E-state index contributed by atoms with van der Waals surface area (Å²) in [5, 5.41) is 3.50. The van der Waals surface area contributed by atoms with Crippen molar-refractivity contribution in [3.8, 4) is 5.75 Å². The molecular formula is C18H31NO. The lowest BCUT2D eigenvalue weighted by Gasteiger charge is -2.18. The maximum absolute atomic E-state index is 6.10. The number of para-hydroxylation sites is 1. The summed E-state index contributed by atoms with van der Waals surface area (Å²) < 4.78 is 6.10. The van der Waals surface area contributed by atoms with E-state index in [0.29, 0.717) is 11.8 Å². The van der Waals surface area contributed by atoms with Gasteiger partial charge in [-0.1, -0.05) is 52.3 Å². The minimum atomic E-state index is 0.621. The molecule has 0 bridgehead atoms. The van der Waals surface area contributed by atoms with E-state index in [2.05, 4.69) is 58.1 Å². The van der Waals surface area contributed by atoms with Crippen molar-refractivity contribution < 1.29 is 4.74 Å². The lowest BCUT2D eigenvalue weighted by atomic mass is 10.1. The van der Waals surface area contributed by atoms with Crippen molar-refractivity contribution in [3.05, 3.63) is 29.3 Å². The highest BCUT2D eigenvalue weighted by Crippen LogP contribution is 2.24. The van der Waals surface area contributed by atoms with Crippen LogP contribution in [-0.4, -0.2) is 13.2 Å². The van der Waals surface area contributed by atoms with E-state index in [1.165, 1.54) is 24.0 Å². The molecule has 0 spiro atoms. The Hall–Kier alpha value is -1.02. The van der Waals surface area contributed by atoms with Crippen LogP contribution in [0.2, 0.25) is 0 Å². The number of hydrogen-bond acceptors (Lipinski definition) is 2. The summed E-state index contributed by atoms with van der Waals surface area (Å²) in [5.41, 5.74) is 2.51. The van der Waals surface area contributed by atoms with E-state index in [1.54, 1.807) is 0 Å². The van der Waals surface area contributed by atoms with Crippen molar-refractivity contribution in [1.29, 1.82) is 0 Å². The zero-order chi connectivity index (χ0) is 15.0. The molecule has 0 aliphatic heterocycles. The van der Waals surface area contributed by atoms with Gasteiger partial charge in [-0.15, -0.1) is 0 Å². The monoisotopic (exact) mass is 277 g/mol. The van der Waals surface area contributed by atoms with Crippen LogP contribution < -0.4 is 10.1 Å². The second kappa shape index (κ2) is 9.02. The van der Waals surface area contributed by atoms with E-state index >= 15 is 0 Å². The summed E-state index contributed by atoms with van der Waals surface area (Å²) in [6.07, 6.45) is 2.45. The van der Waals surface area contributed by atoms with Crippen molar-refractivity contribution >= 4 is 0 Å². The van der Waals surface area contributed by atoms with Crippen LogP contribution in [0.15, 0.2) is 18.2 Å². The molecule has 2 nitrogen and oxygen atoms in total. The third-order valence-electron chi connectivity index (χ3n) is 3.46. The van der Waals surface area contributed by atoms with Crippen LogP contribution in [0.25, 0.3) is 0 Å². The predicted molar refractivity (Wildman–Crippen MR) is 87.3 cm³/mol. The Bertz CT molecular complexity index is 387. The molecule has 1 aromatic rings. The molecule has 1 unspecified atom stereocenters. The van der Waals surface area contributed by atoms with Crippen LogP contribution in [0.4, 0.5) is 0 Å². The molecule has 1 aromatic carbocycles. The van der Waals surface area contributed by atoms with Gasteiger partial charge in [-0.25, -0.2) is 0 Å². The molecule has 114 valence electrons. The molecule has 0 aliphatic carbocycles. The van der Waals surface area contributed by atoms with Gasteiger partial charge in [0.2, 0.25) is 0 Å². The normalized spacial score (nSPS) is 12.7. The van der Waals surface area contributed by atoms with Crippen LogP contribution in [0, 0.1) is 18.8 Å². The first-order valence-electron chi connectivity index (χ1n) is 7.96. The van der Waals surface area contributed by atoms with Gasteiger partial charge in [0.1, 0.15) is 5.75 Å². The van der Waals surface area contributed by atoms with E-state index in [9.17, 15) is 0 Å². The topological polar surface area (TPSA) is 21.3 Å². The van der Waals surface area contributed by atoms with Gasteiger partial charge in [0, 0.05) is 12.1 Å². The second-order valence-corrected chi connectivity index (χ2v) is 6.29. The van der Waals surface area contributed by atoms with Crippen molar-refractivity contribution in [2.45, 2.75) is 54.0 Å². The number of rotatable bonds is 9. The molecule has 0 saturated carbocycles. The maximum Gasteiger partial charge on any atom is 0.126 e. The summed E-state index contributed by atoms with van der Waals surface area (Å²) >= 11 is 0. The molecule has 0 aliphatic rings. The third kappa shape index (κ3) is 5.96. The third-order valence-corrected chi connectivity index (χ3v) is 3.46. The van der Waals surface area contributed by atoms with E-state index in [4.69, 9.17) is 4.74 Å². The summed E-state index contributed by atoms with van der Waals surface area (Å²) in [4.78, 5) is 0. The Morgan fingerprint density at radius 2 is 1.95 bits per heavy atom. The van der Waals surface area contributed by atoms with Gasteiger partial charge in [0.05, 0.1) is 6.61 Å². The Morgan fingerprint density at radius 1 is 1.20 bits per heavy atom. The van der Waals surface area contributed by atoms with Crippen LogP contribution in [0.1, 0.15) is 51.7 Å². The summed E-state index contributed by atoms with van der Waals surface area (Å²) in [7, 11) is 0. The largest absolute Gasteiger partial charge is 0.493 e. The maximum atomic E-state index is 6.10. The Balaban J connectivity index is 2.63. The fourth-order valence-electron chi connectivity index (χ4n) is 2.36. The first kappa shape index (κ1) is 17.0. The quantitative estimate of drug-likeness (QED) is 0.714. The highest BCUT2D eigenvalue weighted by molar-refractivity contribution is 5.40. The van der Waals surface area contributed by atoms with Gasteiger partial charge in [-0.3, -0.25) is 0 Å². The average Bonchev–Trinajstić information content (AvgIpc) is 2.38. The molecule has 0 amide bonds. The first-order chi connectivity index (χ1) is 9.54. The van der Waals surface area contributed by atoms with E-state index in [-0.39, 0.29) is 0 Å². The Morgan fingerprint density at radius 3 is 2.60 bits per heavy atom. The van der Waals surface area contributed by atoms with E-state index < -0.39 is 0 Å². The summed E-state index contributed by atoms with van der Waals surface area (Å²) in [5.74, 6) is 2.37. The van der Waals surface area contributed by atoms with Crippen LogP contribution in [0.5, 0.6) is 5.75 Å². The zero-order valence-corrected chi connectivity index (χ0v) is 13.8. The lowest BCUT2D eigenvalue weighted by Crippen LogP contribution is -2.20. The van der Waals surface area contributed by atoms with Gasteiger partial charge in [0.15, 0.2) is 0 Å². The van der Waals surface area contributed by atoms with E-state index in [1.807, 2.05) is 0 Å². The highest BCUT2D eigenvalue weighted by atomic mass is 16.5. The number of nitrogens with one attached hydrogen (secondary N) is 1. The molecule has 0 fully saturated rings. The van der Waals surface area contributed by atoms with Crippen LogP contribution in [0.3, 0.4) is 0 Å². The number of aryl methyl sites for hydroxylation is 1. The minimum Gasteiger partial charge on any atom is -0.493 e. The van der Waals surface area contributed by atoms with Gasteiger partial charge in [-0.2, -0.15) is 0 Å². The minimum absolute atomic E-state index is 0.621. The van der Waals surface area contributed by atoms with Gasteiger partial charge in [0.25, 0.3) is 0 Å². The molecule has 20 heavy (non-hydrogen) atoms. The lowest BCUT2D eigenvalue weighted by molar-refractivity contribution is 0.247. The number of benzene rings is 1. The smallest absolute Gasteiger partial charge is 0.126 e. The Labute approximate surface area is 124 Å². The molecule has 0 saturated heterocycles. The standard InChI is InChI=1S/C18H31NO/c1-6-8-15(4)13-20-18-16(5)9-7-10-17(18)12-19-11-14(2)3/h7,9-10,14-15,19H,6,8,11-13H2,1-5H3. The molecule has 0 heterocycles. The molecule has 1 rings (SSSR count). The number of hydrogen-bond donors (Lipinski definition) is 1. The van der Waals surface area contributed by atoms with Crippen LogP contribution in [-0.2, 0) is 6.54 Å². The van der Waals surface area contributed by atoms with E-state index in [0.717, 1.165) is 25.4 Å². The molecule has 1 N–H and O–H groups in total. The first-order valence-corrected chi connectivity index (χ1v) is 7.96. The summed E-state index contributed by atoms with van der Waals surface area (Å²) in [6.45, 7) is 13.8. The fraction of sp³-hybridized carbons (Fsp3) is 0.667. The van der Waals surface area contributed by atoms with Gasteiger partial charge >= 0.3 is 0 Å². The van der Waals surface area contributed by atoms with Crippen molar-refractivity contribution in [3.63, 3.8) is 0 Å². The molecule has 0 aromatic heterocycles. The van der Waals surface area contributed by atoms with Crippen molar-refractivity contribution in [2.75, 3.05) is 13.2 Å². The zero-order valence-electron chi connectivity index (χ0n) is 13.8. The molecule has 1 atom stereocenters. The summed E-state index contributed by atoms with van der Waals surface area (Å²) in [6, 6.07) is 6.41. The second-order valence-electron chi connectivity index (χ2n) is 6.29. The SMILES string of the molecule is CCCC(C)COc1c(C)cccc1CNCC(C)C. The van der Waals surface area contributed by atoms with Crippen molar-refractivity contribution in [1.82, 2.24) is 5.32 Å². The van der Waals surface area contributed by atoms with Crippen molar-refractivity contribution in [2.24, 2.45) is 11.8 Å². The fourth-order valence-corrected chi connectivity index (χ4v) is 2.36. The Kier molecular flexibility index (Phi) is 7.68. The highest BCUT2D eigenvalue weighted by Gasteiger charge is 2.09. The average molecular weight is 277 g/mol. The predicted octanol–water partition coefficient (Wildman–Crippen LogP) is 4.56.